The molecule has 0 saturated carbocycles. The van der Waals surface area contributed by atoms with Crippen LogP contribution in [0.1, 0.15) is 30.6 Å². The smallest absolute Gasteiger partial charge is 0.475 e. The normalized spacial score (nSPS) is 19.2. The number of alkyl halides is 3. The summed E-state index contributed by atoms with van der Waals surface area (Å²) >= 11 is 0. The Morgan fingerprint density at radius 3 is 2.56 bits per heavy atom. The Morgan fingerprint density at radius 2 is 1.94 bits per heavy atom. The molecule has 4 heterocycles. The van der Waals surface area contributed by atoms with Gasteiger partial charge in [0.2, 0.25) is 0 Å². The molecule has 0 aliphatic carbocycles. The van der Waals surface area contributed by atoms with Gasteiger partial charge >= 0.3 is 12.1 Å². The van der Waals surface area contributed by atoms with Gasteiger partial charge < -0.3 is 14.3 Å². The summed E-state index contributed by atoms with van der Waals surface area (Å²) in [6.07, 6.45) is 0.451. The molecule has 2 aliphatic heterocycles. The monoisotopic (exact) mass is 458 g/mol. The van der Waals surface area contributed by atoms with Gasteiger partial charge in [-0.1, -0.05) is 0 Å². The van der Waals surface area contributed by atoms with Crippen LogP contribution in [0.2, 0.25) is 0 Å². The number of nitrogens with zero attached hydrogens (tertiary/aromatic N) is 3. The number of hydrogen-bond acceptors (Lipinski definition) is 6. The molecular weight excluding hydrogens is 429 g/mol. The number of aliphatic carboxylic acids is 1. The van der Waals surface area contributed by atoms with Crippen LogP contribution >= 0.6 is 0 Å². The Kier molecular flexibility index (Phi) is 8.32. The van der Waals surface area contributed by atoms with Gasteiger partial charge in [-0.3, -0.25) is 14.9 Å². The first-order valence-electron chi connectivity index (χ1n) is 10.7. The quantitative estimate of drug-likeness (QED) is 0.726. The average molecular weight is 458 g/mol. The lowest BCUT2D eigenvalue weighted by Gasteiger charge is -2.33. The zero-order chi connectivity index (χ0) is 23.1. The van der Waals surface area contributed by atoms with Crippen molar-refractivity contribution in [3.8, 4) is 11.5 Å². The predicted octanol–water partition coefficient (Wildman–Crippen LogP) is 3.30. The highest BCUT2D eigenvalue weighted by atomic mass is 19.4. The molecule has 178 valence electrons. The highest BCUT2D eigenvalue weighted by Gasteiger charge is 2.38. The zero-order valence-electron chi connectivity index (χ0n) is 18.0. The van der Waals surface area contributed by atoms with E-state index in [4.69, 9.17) is 19.1 Å². The Morgan fingerprint density at radius 1 is 1.22 bits per heavy atom. The zero-order valence-corrected chi connectivity index (χ0v) is 18.0. The highest BCUT2D eigenvalue weighted by Crippen LogP contribution is 2.25. The van der Waals surface area contributed by atoms with Crippen molar-refractivity contribution in [2.24, 2.45) is 0 Å². The Hall–Kier alpha value is -2.37. The van der Waals surface area contributed by atoms with E-state index in [1.165, 1.54) is 31.4 Å². The molecule has 0 unspecified atom stereocenters. The number of carboxylic acid groups (broad SMARTS) is 1. The van der Waals surface area contributed by atoms with E-state index in [0.717, 1.165) is 56.6 Å². The van der Waals surface area contributed by atoms with Crippen LogP contribution in [0.25, 0.3) is 11.5 Å². The third-order valence-corrected chi connectivity index (χ3v) is 5.67. The molecule has 2 aromatic rings. The predicted molar refractivity (Wildman–Crippen MR) is 110 cm³/mol. The number of nitrogens with one attached hydrogen (secondary N) is 1. The van der Waals surface area contributed by atoms with Crippen LogP contribution in [-0.2, 0) is 16.1 Å². The van der Waals surface area contributed by atoms with Crippen LogP contribution in [-0.4, -0.2) is 82.7 Å². The van der Waals surface area contributed by atoms with Gasteiger partial charge in [0.25, 0.3) is 0 Å². The minimum Gasteiger partial charge on any atom is -0.475 e. The molecule has 4 rings (SSSR count). The van der Waals surface area contributed by atoms with Crippen LogP contribution < -0.4 is 0 Å². The lowest BCUT2D eigenvalue weighted by atomic mass is 10.1. The SMILES string of the molecule is Cc1ccc(-c2[nH]ncc2CN2CCCN(C3CCOCC3)CC2)o1.O=C(O)C(F)(F)F. The fourth-order valence-corrected chi connectivity index (χ4v) is 4.02. The van der Waals surface area contributed by atoms with Crippen LogP contribution in [0.5, 0.6) is 0 Å². The molecule has 32 heavy (non-hydrogen) atoms. The largest absolute Gasteiger partial charge is 0.490 e. The fraction of sp³-hybridized carbons (Fsp3) is 0.619. The molecule has 2 N–H and O–H groups in total. The first kappa shape index (κ1) is 24.3. The van der Waals surface area contributed by atoms with Gasteiger partial charge in [-0.2, -0.15) is 18.3 Å². The van der Waals surface area contributed by atoms with E-state index in [0.29, 0.717) is 6.04 Å². The molecular formula is C21H29F3N4O4. The minimum atomic E-state index is -5.08. The van der Waals surface area contributed by atoms with E-state index in [1.807, 2.05) is 25.3 Å². The van der Waals surface area contributed by atoms with Crippen molar-refractivity contribution in [1.29, 1.82) is 0 Å². The summed E-state index contributed by atoms with van der Waals surface area (Å²) in [6, 6.07) is 4.73. The second-order valence-corrected chi connectivity index (χ2v) is 7.99. The lowest BCUT2D eigenvalue weighted by Crippen LogP contribution is -2.41. The summed E-state index contributed by atoms with van der Waals surface area (Å²) in [6.45, 7) is 9.35. The summed E-state index contributed by atoms with van der Waals surface area (Å²) in [7, 11) is 0. The van der Waals surface area contributed by atoms with Gasteiger partial charge in [0.1, 0.15) is 11.5 Å². The number of aryl methyl sites for hydroxylation is 1. The number of carboxylic acids is 1. The van der Waals surface area contributed by atoms with Crippen molar-refractivity contribution in [1.82, 2.24) is 20.0 Å². The van der Waals surface area contributed by atoms with Gasteiger partial charge in [0.05, 0.1) is 6.20 Å². The van der Waals surface area contributed by atoms with Gasteiger partial charge in [0, 0.05) is 44.5 Å². The number of H-pyrrole nitrogens is 1. The maximum atomic E-state index is 10.6. The minimum absolute atomic E-state index is 0.712. The van der Waals surface area contributed by atoms with Gasteiger partial charge in [-0.25, -0.2) is 4.79 Å². The van der Waals surface area contributed by atoms with Crippen LogP contribution in [0.3, 0.4) is 0 Å². The molecule has 0 atom stereocenters. The topological polar surface area (TPSA) is 94.8 Å². The van der Waals surface area contributed by atoms with Crippen LogP contribution in [0.15, 0.2) is 22.7 Å². The summed E-state index contributed by atoms with van der Waals surface area (Å²) in [5.41, 5.74) is 2.23. The molecule has 0 aromatic carbocycles. The van der Waals surface area contributed by atoms with Crippen molar-refractivity contribution in [3.05, 3.63) is 29.7 Å². The van der Waals surface area contributed by atoms with Crippen molar-refractivity contribution < 1.29 is 32.2 Å². The third kappa shape index (κ3) is 6.81. The van der Waals surface area contributed by atoms with E-state index in [2.05, 4.69) is 20.0 Å². The maximum Gasteiger partial charge on any atom is 0.490 e. The highest BCUT2D eigenvalue weighted by molar-refractivity contribution is 5.73. The average Bonchev–Trinajstić information content (AvgIpc) is 3.32. The molecule has 2 saturated heterocycles. The van der Waals surface area contributed by atoms with Gasteiger partial charge in [0.15, 0.2) is 5.76 Å². The molecule has 0 bridgehead atoms. The summed E-state index contributed by atoms with van der Waals surface area (Å²) < 4.78 is 43.0. The maximum absolute atomic E-state index is 10.6. The molecule has 11 heteroatoms. The van der Waals surface area contributed by atoms with Crippen molar-refractivity contribution in [2.45, 2.75) is 44.9 Å². The molecule has 2 aliphatic rings. The number of rotatable bonds is 4. The molecule has 2 fully saturated rings. The van der Waals surface area contributed by atoms with Crippen molar-refractivity contribution >= 4 is 5.97 Å². The first-order valence-corrected chi connectivity index (χ1v) is 10.7. The molecule has 8 nitrogen and oxygen atoms in total. The molecule has 0 spiro atoms. The number of halogens is 3. The van der Waals surface area contributed by atoms with Crippen molar-refractivity contribution in [2.75, 3.05) is 39.4 Å². The number of ether oxygens (including phenoxy) is 1. The summed E-state index contributed by atoms with van der Waals surface area (Å²) in [5.74, 6) is -0.950. The fourth-order valence-electron chi connectivity index (χ4n) is 4.02. The standard InChI is InChI=1S/C19H28N4O2.C2HF3O2/c1-15-3-4-18(25-15)19-16(13-20-21-19)14-22-7-2-8-23(10-9-22)17-5-11-24-12-6-17;3-2(4,5)1(6)7/h3-4,13,17H,2,5-12,14H2,1H3,(H,20,21);(H,6,7). The number of aromatic nitrogens is 2. The Balaban J connectivity index is 0.000000360. The van der Waals surface area contributed by atoms with Gasteiger partial charge in [-0.05, 0) is 51.4 Å². The number of hydrogen-bond donors (Lipinski definition) is 2. The van der Waals surface area contributed by atoms with E-state index >= 15 is 0 Å². The Bertz CT molecular complexity index is 861. The lowest BCUT2D eigenvalue weighted by molar-refractivity contribution is -0.192. The van der Waals surface area contributed by atoms with Gasteiger partial charge in [-0.15, -0.1) is 0 Å². The van der Waals surface area contributed by atoms with Crippen LogP contribution in [0, 0.1) is 6.92 Å². The second-order valence-electron chi connectivity index (χ2n) is 7.99. The van der Waals surface area contributed by atoms with Crippen molar-refractivity contribution in [3.63, 3.8) is 0 Å². The summed E-state index contributed by atoms with van der Waals surface area (Å²) in [5, 5.41) is 14.5. The van der Waals surface area contributed by atoms with E-state index in [9.17, 15) is 13.2 Å². The van der Waals surface area contributed by atoms with E-state index in [-0.39, 0.29) is 0 Å². The third-order valence-electron chi connectivity index (χ3n) is 5.67. The van der Waals surface area contributed by atoms with Crippen LogP contribution in [0.4, 0.5) is 13.2 Å². The molecule has 2 aromatic heterocycles. The Labute approximate surface area is 184 Å². The van der Waals surface area contributed by atoms with E-state index < -0.39 is 12.1 Å². The number of furan rings is 1. The van der Waals surface area contributed by atoms with E-state index in [1.54, 1.807) is 0 Å². The number of aromatic amines is 1. The molecule has 0 amide bonds. The first-order chi connectivity index (χ1) is 15.2. The second kappa shape index (κ2) is 11.0. The molecule has 0 radical (unpaired) electrons. The summed E-state index contributed by atoms with van der Waals surface area (Å²) in [4.78, 5) is 14.1. The number of carbonyl (C=O) groups is 1.